The van der Waals surface area contributed by atoms with Crippen molar-refractivity contribution in [2.75, 3.05) is 26.2 Å². The Morgan fingerprint density at radius 2 is 1.86 bits per heavy atom. The Morgan fingerprint density at radius 3 is 2.43 bits per heavy atom. The lowest BCUT2D eigenvalue weighted by Gasteiger charge is -2.24. The number of nitrogens with zero attached hydrogens (tertiary/aromatic N) is 1. The molecule has 112 valence electrons. The van der Waals surface area contributed by atoms with E-state index in [9.17, 15) is 9.59 Å². The number of hydrogen-bond acceptors (Lipinski definition) is 5. The summed E-state index contributed by atoms with van der Waals surface area (Å²) in [6.07, 6.45) is 0.570. The second-order valence-corrected chi connectivity index (χ2v) is 5.34. The quantitative estimate of drug-likeness (QED) is 0.562. The number of benzene rings is 1. The van der Waals surface area contributed by atoms with Crippen LogP contribution in [0.25, 0.3) is 0 Å². The largest absolute Gasteiger partial charge is 0.492 e. The lowest BCUT2D eigenvalue weighted by Crippen LogP contribution is -2.52. The highest BCUT2D eigenvalue weighted by Crippen LogP contribution is 2.12. The third kappa shape index (κ3) is 5.13. The molecule has 7 heteroatoms. The lowest BCUT2D eigenvalue weighted by molar-refractivity contribution is -0.136. The average Bonchev–Trinajstić information content (AvgIpc) is 2.39. The highest BCUT2D eigenvalue weighted by molar-refractivity contribution is 7.80. The Kier molecular flexibility index (Phi) is 5.24. The van der Waals surface area contributed by atoms with Crippen LogP contribution < -0.4 is 15.8 Å². The number of hydrogen-bond donors (Lipinski definition) is 2. The van der Waals surface area contributed by atoms with Gasteiger partial charge >= 0.3 is 0 Å². The van der Waals surface area contributed by atoms with Gasteiger partial charge in [0, 0.05) is 13.0 Å². The monoisotopic (exact) mass is 307 g/mol. The third-order valence-electron chi connectivity index (χ3n) is 2.99. The maximum atomic E-state index is 11.2. The molecule has 0 spiro atoms. The summed E-state index contributed by atoms with van der Waals surface area (Å²) in [6, 6.07) is 7.52. The van der Waals surface area contributed by atoms with E-state index in [0.29, 0.717) is 24.6 Å². The number of carbonyl (C=O) groups is 2. The Labute approximate surface area is 128 Å². The molecule has 3 N–H and O–H groups in total. The maximum Gasteiger partial charge on any atom is 0.240 e. The molecule has 0 atom stereocenters. The first-order valence-electron chi connectivity index (χ1n) is 6.58. The first kappa shape index (κ1) is 15.4. The number of thiocarbonyl (C=S) groups is 1. The van der Waals surface area contributed by atoms with E-state index in [1.54, 1.807) is 4.90 Å². The van der Waals surface area contributed by atoms with Gasteiger partial charge in [-0.15, -0.1) is 0 Å². The molecule has 1 fully saturated rings. The van der Waals surface area contributed by atoms with Gasteiger partial charge in [0.15, 0.2) is 0 Å². The molecule has 21 heavy (non-hydrogen) atoms. The average molecular weight is 307 g/mol. The van der Waals surface area contributed by atoms with Gasteiger partial charge in [-0.3, -0.25) is 19.8 Å². The minimum Gasteiger partial charge on any atom is -0.492 e. The number of rotatable bonds is 6. The van der Waals surface area contributed by atoms with Gasteiger partial charge in [0.1, 0.15) is 12.4 Å². The third-order valence-corrected chi connectivity index (χ3v) is 3.14. The van der Waals surface area contributed by atoms with Crippen molar-refractivity contribution >= 4 is 29.0 Å². The fourth-order valence-corrected chi connectivity index (χ4v) is 2.22. The lowest BCUT2D eigenvalue weighted by atomic mass is 10.1. The molecule has 1 heterocycles. The van der Waals surface area contributed by atoms with Gasteiger partial charge in [0.05, 0.1) is 18.1 Å². The first-order chi connectivity index (χ1) is 10.0. The summed E-state index contributed by atoms with van der Waals surface area (Å²) in [5, 5.41) is 2.26. The van der Waals surface area contributed by atoms with Crippen molar-refractivity contribution in [2.45, 2.75) is 6.42 Å². The molecule has 1 aromatic carbocycles. The molecule has 0 saturated carbocycles. The number of nitrogens with two attached hydrogens (primary N) is 1. The molecule has 6 nitrogen and oxygen atoms in total. The van der Waals surface area contributed by atoms with E-state index in [2.05, 4.69) is 5.32 Å². The molecular formula is C14H17N3O3S. The molecular weight excluding hydrogens is 290 g/mol. The van der Waals surface area contributed by atoms with Gasteiger partial charge < -0.3 is 10.5 Å². The normalized spacial score (nSPS) is 15.6. The van der Waals surface area contributed by atoms with E-state index in [0.717, 1.165) is 11.3 Å². The van der Waals surface area contributed by atoms with Crippen LogP contribution in [-0.4, -0.2) is 47.9 Å². The predicted octanol–water partition coefficient (Wildman–Crippen LogP) is -0.148. The van der Waals surface area contributed by atoms with Crippen molar-refractivity contribution in [1.29, 1.82) is 0 Å². The summed E-state index contributed by atoms with van der Waals surface area (Å²) >= 11 is 4.85. The molecule has 2 amide bonds. The van der Waals surface area contributed by atoms with Crippen LogP contribution in [0.15, 0.2) is 24.3 Å². The molecule has 1 aliphatic heterocycles. The molecule has 0 aromatic heterocycles. The minimum absolute atomic E-state index is 0.224. The van der Waals surface area contributed by atoms with Crippen molar-refractivity contribution in [3.8, 4) is 5.75 Å². The first-order valence-corrected chi connectivity index (χ1v) is 6.99. The number of ether oxygens (including phenoxy) is 1. The molecule has 2 rings (SSSR count). The molecule has 0 radical (unpaired) electrons. The van der Waals surface area contributed by atoms with Gasteiger partial charge in [-0.1, -0.05) is 24.4 Å². The number of nitrogens with one attached hydrogen (secondary N) is 1. The van der Waals surface area contributed by atoms with E-state index in [1.807, 2.05) is 24.3 Å². The number of piperazine rings is 1. The second kappa shape index (κ2) is 7.14. The van der Waals surface area contributed by atoms with Gasteiger partial charge in [0.25, 0.3) is 0 Å². The fourth-order valence-electron chi connectivity index (χ4n) is 2.05. The van der Waals surface area contributed by atoms with E-state index in [-0.39, 0.29) is 24.9 Å². The standard InChI is InChI=1S/C14H17N3O3S/c15-12(21)7-10-1-3-11(4-2-10)20-6-5-17-8-13(18)16-14(19)9-17/h1-4H,5-9H2,(H2,15,21)(H,16,18,19). The highest BCUT2D eigenvalue weighted by atomic mass is 32.1. The number of carbonyl (C=O) groups excluding carboxylic acids is 2. The summed E-state index contributed by atoms with van der Waals surface area (Å²) in [5.41, 5.74) is 6.52. The summed E-state index contributed by atoms with van der Waals surface area (Å²) in [6.45, 7) is 1.38. The van der Waals surface area contributed by atoms with Crippen LogP contribution in [0.2, 0.25) is 0 Å². The van der Waals surface area contributed by atoms with Crippen LogP contribution in [-0.2, 0) is 16.0 Å². The van der Waals surface area contributed by atoms with Crippen LogP contribution in [0, 0.1) is 0 Å². The second-order valence-electron chi connectivity index (χ2n) is 4.82. The summed E-state index contributed by atoms with van der Waals surface area (Å²) in [4.78, 5) is 24.6. The van der Waals surface area contributed by atoms with Crippen LogP contribution in [0.5, 0.6) is 5.75 Å². The minimum atomic E-state index is -0.270. The topological polar surface area (TPSA) is 84.7 Å². The Bertz CT molecular complexity index is 529. The molecule has 1 saturated heterocycles. The van der Waals surface area contributed by atoms with Crippen molar-refractivity contribution in [2.24, 2.45) is 5.73 Å². The summed E-state index contributed by atoms with van der Waals surface area (Å²) in [7, 11) is 0. The van der Waals surface area contributed by atoms with Gasteiger partial charge in [-0.2, -0.15) is 0 Å². The Balaban J connectivity index is 1.76. The molecule has 1 aromatic rings. The van der Waals surface area contributed by atoms with Crippen LogP contribution in [0.4, 0.5) is 0 Å². The maximum absolute atomic E-state index is 11.2. The SMILES string of the molecule is NC(=S)Cc1ccc(OCCN2CC(=O)NC(=O)C2)cc1. The van der Waals surface area contributed by atoms with Gasteiger partial charge in [-0.25, -0.2) is 0 Å². The van der Waals surface area contributed by atoms with Crippen molar-refractivity contribution in [3.63, 3.8) is 0 Å². The number of imide groups is 1. The van der Waals surface area contributed by atoms with Crippen LogP contribution in [0.1, 0.15) is 5.56 Å². The van der Waals surface area contributed by atoms with Gasteiger partial charge in [-0.05, 0) is 17.7 Å². The van der Waals surface area contributed by atoms with Gasteiger partial charge in [0.2, 0.25) is 11.8 Å². The molecule has 0 bridgehead atoms. The smallest absolute Gasteiger partial charge is 0.240 e. The molecule has 0 aliphatic carbocycles. The summed E-state index contributed by atoms with van der Waals surface area (Å²) in [5.74, 6) is 0.191. The molecule has 0 unspecified atom stereocenters. The molecule has 1 aliphatic rings. The van der Waals surface area contributed by atoms with Crippen LogP contribution >= 0.6 is 12.2 Å². The number of amides is 2. The Morgan fingerprint density at radius 1 is 1.24 bits per heavy atom. The zero-order chi connectivity index (χ0) is 15.2. The van der Waals surface area contributed by atoms with Crippen molar-refractivity contribution < 1.29 is 14.3 Å². The van der Waals surface area contributed by atoms with Crippen molar-refractivity contribution in [1.82, 2.24) is 10.2 Å². The van der Waals surface area contributed by atoms with E-state index >= 15 is 0 Å². The van der Waals surface area contributed by atoms with Crippen LogP contribution in [0.3, 0.4) is 0 Å². The zero-order valence-corrected chi connectivity index (χ0v) is 12.3. The van der Waals surface area contributed by atoms with E-state index in [1.165, 1.54) is 0 Å². The fraction of sp³-hybridized carbons (Fsp3) is 0.357. The predicted molar refractivity (Wildman–Crippen MR) is 82.0 cm³/mol. The van der Waals surface area contributed by atoms with E-state index < -0.39 is 0 Å². The Hall–Kier alpha value is -1.99. The summed E-state index contributed by atoms with van der Waals surface area (Å²) < 4.78 is 5.59. The highest BCUT2D eigenvalue weighted by Gasteiger charge is 2.21. The van der Waals surface area contributed by atoms with E-state index in [4.69, 9.17) is 22.7 Å². The zero-order valence-electron chi connectivity index (χ0n) is 11.5. The van der Waals surface area contributed by atoms with Crippen molar-refractivity contribution in [3.05, 3.63) is 29.8 Å².